The number of hydrogen-bond donors (Lipinski definition) is 1. The number of halogens is 2. The van der Waals surface area contributed by atoms with Gasteiger partial charge in [0.05, 0.1) is 6.04 Å². The van der Waals surface area contributed by atoms with E-state index < -0.39 is 5.95 Å². The van der Waals surface area contributed by atoms with Gasteiger partial charge in [0.2, 0.25) is 5.95 Å². The van der Waals surface area contributed by atoms with Crippen molar-refractivity contribution in [3.8, 4) is 0 Å². The molecule has 0 fully saturated rings. The van der Waals surface area contributed by atoms with Crippen LogP contribution in [0.2, 0.25) is 5.02 Å². The smallest absolute Gasteiger partial charge is 0.214 e. The molecule has 0 bridgehead atoms. The number of pyridine rings is 1. The maximum Gasteiger partial charge on any atom is 0.214 e. The normalized spacial score (nSPS) is 12.2. The Kier molecular flexibility index (Phi) is 4.15. The van der Waals surface area contributed by atoms with Gasteiger partial charge in [-0.3, -0.25) is 0 Å². The lowest BCUT2D eigenvalue weighted by atomic mass is 10.0. The highest BCUT2D eigenvalue weighted by atomic mass is 35.5. The third kappa shape index (κ3) is 3.20. The first-order valence-corrected chi connectivity index (χ1v) is 6.21. The summed E-state index contributed by atoms with van der Waals surface area (Å²) in [6.07, 6.45) is 0.875. The molecule has 0 amide bonds. The second-order valence-corrected chi connectivity index (χ2v) is 4.44. The lowest BCUT2D eigenvalue weighted by Crippen LogP contribution is -2.10. The van der Waals surface area contributed by atoms with Gasteiger partial charge in [-0.25, -0.2) is 4.98 Å². The first-order chi connectivity index (χ1) is 8.69. The Bertz CT molecular complexity index is 513. The molecular formula is C14H14ClFN2. The lowest BCUT2D eigenvalue weighted by molar-refractivity contribution is 0.583. The van der Waals surface area contributed by atoms with Crippen molar-refractivity contribution in [2.24, 2.45) is 0 Å². The minimum absolute atomic E-state index is 0.0940. The van der Waals surface area contributed by atoms with Crippen LogP contribution in [0.4, 0.5) is 10.2 Å². The zero-order valence-corrected chi connectivity index (χ0v) is 10.8. The monoisotopic (exact) mass is 264 g/mol. The predicted octanol–water partition coefficient (Wildman–Crippen LogP) is 4.44. The molecule has 2 aromatic rings. The molecule has 0 aliphatic heterocycles. The molecule has 0 saturated carbocycles. The molecule has 1 unspecified atom stereocenters. The molecule has 0 aliphatic carbocycles. The minimum Gasteiger partial charge on any atom is -0.363 e. The van der Waals surface area contributed by atoms with Gasteiger partial charge >= 0.3 is 0 Å². The summed E-state index contributed by atoms with van der Waals surface area (Å²) in [4.78, 5) is 3.80. The van der Waals surface area contributed by atoms with Crippen LogP contribution < -0.4 is 5.32 Å². The van der Waals surface area contributed by atoms with E-state index in [9.17, 15) is 4.39 Å². The number of aromatic nitrogens is 1. The topological polar surface area (TPSA) is 24.9 Å². The minimum atomic E-state index is -0.481. The molecule has 18 heavy (non-hydrogen) atoms. The van der Waals surface area contributed by atoms with Crippen molar-refractivity contribution < 1.29 is 4.39 Å². The number of nitrogens with one attached hydrogen (secondary N) is 1. The molecule has 1 heterocycles. The molecule has 4 heteroatoms. The van der Waals surface area contributed by atoms with E-state index in [4.69, 9.17) is 11.6 Å². The third-order valence-electron chi connectivity index (χ3n) is 2.72. The Morgan fingerprint density at radius 1 is 1.22 bits per heavy atom. The van der Waals surface area contributed by atoms with E-state index in [1.54, 1.807) is 12.1 Å². The van der Waals surface area contributed by atoms with Crippen molar-refractivity contribution in [1.29, 1.82) is 0 Å². The molecule has 1 atom stereocenters. The highest BCUT2D eigenvalue weighted by molar-refractivity contribution is 6.30. The fourth-order valence-electron chi connectivity index (χ4n) is 1.78. The quantitative estimate of drug-likeness (QED) is 0.826. The highest BCUT2D eigenvalue weighted by Gasteiger charge is 2.09. The first-order valence-electron chi connectivity index (χ1n) is 5.83. The fourth-order valence-corrected chi connectivity index (χ4v) is 1.91. The summed E-state index contributed by atoms with van der Waals surface area (Å²) in [5.74, 6) is 0.0581. The Labute approximate surface area is 111 Å². The van der Waals surface area contributed by atoms with Crippen molar-refractivity contribution >= 4 is 17.4 Å². The van der Waals surface area contributed by atoms with Gasteiger partial charge in [0.1, 0.15) is 5.82 Å². The maximum atomic E-state index is 13.0. The van der Waals surface area contributed by atoms with Gasteiger partial charge in [0.15, 0.2) is 0 Å². The van der Waals surface area contributed by atoms with Crippen molar-refractivity contribution in [1.82, 2.24) is 4.98 Å². The van der Waals surface area contributed by atoms with E-state index in [2.05, 4.69) is 17.2 Å². The van der Waals surface area contributed by atoms with Crippen LogP contribution in [-0.4, -0.2) is 4.98 Å². The fraction of sp³-hybridized carbons (Fsp3) is 0.214. The van der Waals surface area contributed by atoms with Crippen molar-refractivity contribution in [2.45, 2.75) is 19.4 Å². The van der Waals surface area contributed by atoms with Crippen molar-refractivity contribution in [3.05, 3.63) is 59.0 Å². The predicted molar refractivity (Wildman–Crippen MR) is 72.3 cm³/mol. The highest BCUT2D eigenvalue weighted by Crippen LogP contribution is 2.23. The maximum absolute atomic E-state index is 13.0. The Morgan fingerprint density at radius 2 is 1.94 bits per heavy atom. The van der Waals surface area contributed by atoms with E-state index in [1.807, 2.05) is 24.3 Å². The number of hydrogen-bond acceptors (Lipinski definition) is 2. The van der Waals surface area contributed by atoms with Crippen molar-refractivity contribution in [2.75, 3.05) is 5.32 Å². The molecule has 2 nitrogen and oxygen atoms in total. The van der Waals surface area contributed by atoms with Crippen molar-refractivity contribution in [3.63, 3.8) is 0 Å². The molecule has 0 saturated heterocycles. The van der Waals surface area contributed by atoms with E-state index in [0.29, 0.717) is 10.8 Å². The summed E-state index contributed by atoms with van der Waals surface area (Å²) in [5, 5.41) is 3.92. The van der Waals surface area contributed by atoms with Crippen LogP contribution in [0.15, 0.2) is 42.5 Å². The summed E-state index contributed by atoms with van der Waals surface area (Å²) >= 11 is 5.86. The Morgan fingerprint density at radius 3 is 2.56 bits per heavy atom. The largest absolute Gasteiger partial charge is 0.363 e. The van der Waals surface area contributed by atoms with Gasteiger partial charge in [-0.15, -0.1) is 0 Å². The van der Waals surface area contributed by atoms with Crippen LogP contribution in [0.25, 0.3) is 0 Å². The molecule has 0 radical (unpaired) electrons. The van der Waals surface area contributed by atoms with Crippen LogP contribution >= 0.6 is 11.6 Å². The number of benzene rings is 1. The number of anilines is 1. The summed E-state index contributed by atoms with van der Waals surface area (Å²) in [5.41, 5.74) is 1.10. The van der Waals surface area contributed by atoms with Gasteiger partial charge < -0.3 is 5.32 Å². The summed E-state index contributed by atoms with van der Waals surface area (Å²) < 4.78 is 13.0. The lowest BCUT2D eigenvalue weighted by Gasteiger charge is -2.18. The summed E-state index contributed by atoms with van der Waals surface area (Å²) in [6, 6.07) is 12.4. The molecule has 1 N–H and O–H groups in total. The van der Waals surface area contributed by atoms with Crippen LogP contribution in [0.5, 0.6) is 0 Å². The van der Waals surface area contributed by atoms with Gasteiger partial charge in [-0.05, 0) is 36.2 Å². The van der Waals surface area contributed by atoms with Gasteiger partial charge in [0, 0.05) is 5.02 Å². The number of nitrogens with zero attached hydrogens (tertiary/aromatic N) is 1. The van der Waals surface area contributed by atoms with E-state index >= 15 is 0 Å². The Balaban J connectivity index is 2.17. The van der Waals surface area contributed by atoms with Crippen LogP contribution in [0.1, 0.15) is 24.9 Å². The van der Waals surface area contributed by atoms with E-state index in [-0.39, 0.29) is 6.04 Å². The van der Waals surface area contributed by atoms with Crippen LogP contribution in [0, 0.1) is 5.95 Å². The van der Waals surface area contributed by atoms with Crippen LogP contribution in [-0.2, 0) is 0 Å². The molecule has 0 aliphatic rings. The molecule has 94 valence electrons. The van der Waals surface area contributed by atoms with E-state index in [1.165, 1.54) is 6.07 Å². The van der Waals surface area contributed by atoms with Gasteiger partial charge in [-0.2, -0.15) is 4.39 Å². The Hall–Kier alpha value is -1.61. The second kappa shape index (κ2) is 5.83. The standard InChI is InChI=1S/C14H14ClFN2/c1-2-12(10-6-8-11(15)9-7-10)17-14-5-3-4-13(16)18-14/h3-9,12H,2H2,1H3,(H,17,18). The van der Waals surface area contributed by atoms with E-state index in [0.717, 1.165) is 12.0 Å². The average molecular weight is 265 g/mol. The summed E-state index contributed by atoms with van der Waals surface area (Å²) in [6.45, 7) is 2.06. The first kappa shape index (κ1) is 12.8. The zero-order chi connectivity index (χ0) is 13.0. The zero-order valence-electron chi connectivity index (χ0n) is 10.0. The SMILES string of the molecule is CCC(Nc1cccc(F)n1)c1ccc(Cl)cc1. The molecule has 0 spiro atoms. The van der Waals surface area contributed by atoms with Gasteiger partial charge in [0.25, 0.3) is 0 Å². The second-order valence-electron chi connectivity index (χ2n) is 4.00. The third-order valence-corrected chi connectivity index (χ3v) is 2.97. The molecule has 1 aromatic heterocycles. The van der Waals surface area contributed by atoms with Gasteiger partial charge in [-0.1, -0.05) is 36.7 Å². The molecule has 1 aromatic carbocycles. The summed E-state index contributed by atoms with van der Waals surface area (Å²) in [7, 11) is 0. The molecular weight excluding hydrogens is 251 g/mol. The average Bonchev–Trinajstić information content (AvgIpc) is 2.37. The number of rotatable bonds is 4. The molecule has 2 rings (SSSR count). The van der Waals surface area contributed by atoms with Crippen LogP contribution in [0.3, 0.4) is 0 Å².